The van der Waals surface area contributed by atoms with Crippen LogP contribution in [0.1, 0.15) is 25.5 Å². The summed E-state index contributed by atoms with van der Waals surface area (Å²) in [7, 11) is 3.05. The first kappa shape index (κ1) is 30.6. The molecule has 9 nitrogen and oxygen atoms in total. The molecule has 4 atom stereocenters. The number of methoxy groups -OCH3 is 1. The number of aliphatic hydroxyl groups is 1. The molecule has 1 N–H and O–H groups in total. The molecule has 0 spiro atoms. The highest BCUT2D eigenvalue weighted by molar-refractivity contribution is 7.99. The lowest BCUT2D eigenvalue weighted by molar-refractivity contribution is -0.137. The van der Waals surface area contributed by atoms with Crippen molar-refractivity contribution >= 4 is 39.4 Å². The summed E-state index contributed by atoms with van der Waals surface area (Å²) < 4.78 is 68.2. The summed E-state index contributed by atoms with van der Waals surface area (Å²) in [4.78, 5) is 22.1. The molecule has 0 bridgehead atoms. The van der Waals surface area contributed by atoms with Gasteiger partial charge in [0, 0.05) is 66.5 Å². The third-order valence-electron chi connectivity index (χ3n) is 8.51. The second-order valence-corrected chi connectivity index (χ2v) is 12.4. The largest absolute Gasteiger partial charge is 0.417 e. The van der Waals surface area contributed by atoms with Gasteiger partial charge in [0.2, 0.25) is 0 Å². The molecular formula is C30H32F4N6O3S. The highest BCUT2D eigenvalue weighted by Crippen LogP contribution is 2.51. The number of benzene rings is 2. The average Bonchev–Trinajstić information content (AvgIpc) is 3.36. The Morgan fingerprint density at radius 1 is 1.20 bits per heavy atom. The Hall–Kier alpha value is -3.46. The van der Waals surface area contributed by atoms with Gasteiger partial charge in [-0.2, -0.15) is 23.3 Å². The molecule has 2 aliphatic rings. The number of aliphatic hydroxyl groups excluding tert-OH is 1. The molecular weight excluding hydrogens is 600 g/mol. The van der Waals surface area contributed by atoms with Crippen molar-refractivity contribution in [3.63, 3.8) is 0 Å². The molecule has 2 aromatic heterocycles. The molecule has 2 aromatic carbocycles. The van der Waals surface area contributed by atoms with Crippen LogP contribution in [0.25, 0.3) is 32.9 Å². The first-order chi connectivity index (χ1) is 20.9. The van der Waals surface area contributed by atoms with E-state index in [9.17, 15) is 14.3 Å². The van der Waals surface area contributed by atoms with Gasteiger partial charge in [-0.05, 0) is 38.1 Å². The molecule has 2 unspecified atom stereocenters. The van der Waals surface area contributed by atoms with E-state index >= 15 is 13.2 Å². The van der Waals surface area contributed by atoms with Crippen molar-refractivity contribution in [2.45, 2.75) is 49.3 Å². The normalized spacial score (nSPS) is 21.8. The first-order valence-electron chi connectivity index (χ1n) is 14.1. The third kappa shape index (κ3) is 4.78. The van der Waals surface area contributed by atoms with Crippen LogP contribution in [0.15, 0.2) is 46.7 Å². The van der Waals surface area contributed by atoms with Crippen molar-refractivity contribution in [1.29, 1.82) is 0 Å². The molecule has 0 saturated carbocycles. The lowest BCUT2D eigenvalue weighted by Crippen LogP contribution is -2.60. The number of halogens is 4. The Balaban J connectivity index is 1.69. The van der Waals surface area contributed by atoms with Crippen LogP contribution in [0.5, 0.6) is 0 Å². The molecule has 2 aliphatic heterocycles. The van der Waals surface area contributed by atoms with Crippen molar-refractivity contribution in [2.75, 3.05) is 37.5 Å². The summed E-state index contributed by atoms with van der Waals surface area (Å²) in [6.45, 7) is 8.24. The van der Waals surface area contributed by atoms with Crippen molar-refractivity contribution in [3.8, 4) is 11.1 Å². The number of aryl methyl sites for hydroxylation is 1. The fraction of sp³-hybridized carbons (Fsp3) is 0.433. The quantitative estimate of drug-likeness (QED) is 0.240. The lowest BCUT2D eigenvalue weighted by atomic mass is 9.94. The maximum absolute atomic E-state index is 15.1. The number of hydrogen-bond donors (Lipinski definition) is 1. The van der Waals surface area contributed by atoms with Gasteiger partial charge in [-0.25, -0.2) is 9.18 Å². The molecule has 0 amide bonds. The number of anilines is 1. The summed E-state index contributed by atoms with van der Waals surface area (Å²) in [6.07, 6.45) is -2.98. The van der Waals surface area contributed by atoms with E-state index in [1.54, 1.807) is 7.05 Å². The smallest absolute Gasteiger partial charge is 0.383 e. The summed E-state index contributed by atoms with van der Waals surface area (Å²) in [5, 5.41) is 14.9. The number of alkyl halides is 3. The number of fused-ring (bicyclic) bond motifs is 1. The Kier molecular flexibility index (Phi) is 7.75. The molecule has 4 heterocycles. The minimum atomic E-state index is -4.80. The van der Waals surface area contributed by atoms with Crippen molar-refractivity contribution < 1.29 is 27.4 Å². The van der Waals surface area contributed by atoms with Gasteiger partial charge >= 0.3 is 11.9 Å². The molecule has 1 fully saturated rings. The van der Waals surface area contributed by atoms with Gasteiger partial charge in [-0.15, -0.1) is 11.8 Å². The van der Waals surface area contributed by atoms with E-state index in [0.29, 0.717) is 18.6 Å². The van der Waals surface area contributed by atoms with Gasteiger partial charge < -0.3 is 14.7 Å². The van der Waals surface area contributed by atoms with Crippen LogP contribution in [0.3, 0.4) is 0 Å². The zero-order chi connectivity index (χ0) is 31.7. The number of hydrogen-bond acceptors (Lipinski definition) is 8. The van der Waals surface area contributed by atoms with Gasteiger partial charge in [-0.3, -0.25) is 14.1 Å². The van der Waals surface area contributed by atoms with Gasteiger partial charge in [-0.1, -0.05) is 6.58 Å². The molecule has 0 aliphatic carbocycles. The standard InChI is InChI=1S/C30H32F4N6O3S/c1-6-23(41)39-15(2)11-38(12-16(39)3)28-19-9-21(30(32,33)34)24(18-7-8-22(31)20-10-35-37(4)25(18)20)27-26(19)40(29(42)36-28)17(13-43-5)14-44-27/h6-10,15-17,23,41H,1,11-14H2,2-5H3/t15-,16+,17?,23?. The van der Waals surface area contributed by atoms with Crippen LogP contribution in [0, 0.1) is 5.82 Å². The summed E-state index contributed by atoms with van der Waals surface area (Å²) in [5.74, 6) is -0.179. The monoisotopic (exact) mass is 632 g/mol. The minimum Gasteiger partial charge on any atom is -0.383 e. The van der Waals surface area contributed by atoms with E-state index in [1.165, 1.54) is 46.5 Å². The first-order valence-corrected chi connectivity index (χ1v) is 15.1. The second kappa shape index (κ2) is 11.2. The van der Waals surface area contributed by atoms with E-state index < -0.39 is 35.5 Å². The molecule has 44 heavy (non-hydrogen) atoms. The van der Waals surface area contributed by atoms with E-state index in [1.807, 2.05) is 23.6 Å². The van der Waals surface area contributed by atoms with Gasteiger partial charge in [0.15, 0.2) is 0 Å². The SMILES string of the molecule is C=CC(O)N1[C@H](C)CN(c2nc(=O)n3c4c(c(-c5ccc(F)c6cnn(C)c56)c(C(F)(F)F)cc24)SCC3COC)C[C@@H]1C. The molecule has 1 saturated heterocycles. The number of thioether (sulfide) groups is 1. The van der Waals surface area contributed by atoms with Crippen molar-refractivity contribution in [2.24, 2.45) is 7.05 Å². The Labute approximate surface area is 254 Å². The molecule has 4 aromatic rings. The lowest BCUT2D eigenvalue weighted by Gasteiger charge is -2.46. The zero-order valence-corrected chi connectivity index (χ0v) is 25.4. The number of nitrogens with zero attached hydrogens (tertiary/aromatic N) is 6. The predicted octanol–water partition coefficient (Wildman–Crippen LogP) is 4.80. The predicted molar refractivity (Wildman–Crippen MR) is 161 cm³/mol. The number of aromatic nitrogens is 4. The van der Waals surface area contributed by atoms with Gasteiger partial charge in [0.05, 0.1) is 40.8 Å². The summed E-state index contributed by atoms with van der Waals surface area (Å²) in [6, 6.07) is 2.62. The highest BCUT2D eigenvalue weighted by Gasteiger charge is 2.41. The van der Waals surface area contributed by atoms with Crippen LogP contribution < -0.4 is 10.6 Å². The van der Waals surface area contributed by atoms with E-state index in [4.69, 9.17) is 4.74 Å². The molecule has 6 rings (SSSR count). The minimum absolute atomic E-state index is 0.0962. The van der Waals surface area contributed by atoms with Crippen molar-refractivity contribution in [3.05, 3.63) is 58.9 Å². The summed E-state index contributed by atoms with van der Waals surface area (Å²) in [5.41, 5.74) is -0.939. The van der Waals surface area contributed by atoms with Crippen LogP contribution in [-0.4, -0.2) is 80.2 Å². The topological polar surface area (TPSA) is 88.7 Å². The van der Waals surface area contributed by atoms with Gasteiger partial charge in [0.25, 0.3) is 0 Å². The van der Waals surface area contributed by atoms with E-state index in [0.717, 1.165) is 12.1 Å². The van der Waals surface area contributed by atoms with Crippen LogP contribution in [-0.2, 0) is 18.0 Å². The van der Waals surface area contributed by atoms with Crippen LogP contribution in [0.4, 0.5) is 23.4 Å². The Bertz CT molecular complexity index is 1830. The van der Waals surface area contributed by atoms with Crippen LogP contribution >= 0.6 is 11.8 Å². The molecule has 14 heteroatoms. The Morgan fingerprint density at radius 2 is 1.91 bits per heavy atom. The maximum Gasteiger partial charge on any atom is 0.417 e. The van der Waals surface area contributed by atoms with E-state index in [2.05, 4.69) is 16.7 Å². The Morgan fingerprint density at radius 3 is 2.55 bits per heavy atom. The second-order valence-electron chi connectivity index (χ2n) is 11.4. The number of ether oxygens (including phenoxy) is 1. The number of rotatable bonds is 6. The fourth-order valence-corrected chi connectivity index (χ4v) is 8.06. The zero-order valence-electron chi connectivity index (χ0n) is 24.6. The molecule has 234 valence electrons. The highest BCUT2D eigenvalue weighted by atomic mass is 32.2. The fourth-order valence-electron chi connectivity index (χ4n) is 6.75. The van der Waals surface area contributed by atoms with Crippen molar-refractivity contribution in [1.82, 2.24) is 24.2 Å². The molecule has 0 radical (unpaired) electrons. The van der Waals surface area contributed by atoms with Crippen LogP contribution in [0.2, 0.25) is 0 Å². The van der Waals surface area contributed by atoms with Gasteiger partial charge in [0.1, 0.15) is 17.9 Å². The summed E-state index contributed by atoms with van der Waals surface area (Å²) >= 11 is 1.21. The maximum atomic E-state index is 15.1. The third-order valence-corrected chi connectivity index (χ3v) is 9.75. The number of piperazine rings is 1. The van der Waals surface area contributed by atoms with E-state index in [-0.39, 0.29) is 62.6 Å². The average molecular weight is 633 g/mol.